The Morgan fingerprint density at radius 2 is 1.85 bits per heavy atom. The Morgan fingerprint density at radius 3 is 2.37 bits per heavy atom. The first-order chi connectivity index (χ1) is 12.5. The zero-order chi connectivity index (χ0) is 20.4. The molecule has 1 aliphatic heterocycles. The summed E-state index contributed by atoms with van der Waals surface area (Å²) in [6.45, 7) is 14.0. The molecule has 1 saturated heterocycles. The second kappa shape index (κ2) is 8.31. The number of piperidine rings is 1. The summed E-state index contributed by atoms with van der Waals surface area (Å²) in [5.74, 6) is 0.791. The lowest BCUT2D eigenvalue weighted by Crippen LogP contribution is -2.44. The number of aromatic nitrogens is 2. The van der Waals surface area contributed by atoms with Gasteiger partial charge in [-0.25, -0.2) is 4.79 Å². The van der Waals surface area contributed by atoms with Crippen LogP contribution in [0.25, 0.3) is 0 Å². The molecule has 27 heavy (non-hydrogen) atoms. The van der Waals surface area contributed by atoms with E-state index >= 15 is 0 Å². The van der Waals surface area contributed by atoms with E-state index in [9.17, 15) is 9.59 Å². The fourth-order valence-electron chi connectivity index (χ4n) is 3.83. The summed E-state index contributed by atoms with van der Waals surface area (Å²) in [5.41, 5.74) is 3.07. The zero-order valence-electron chi connectivity index (χ0n) is 17.5. The summed E-state index contributed by atoms with van der Waals surface area (Å²) in [6, 6.07) is -0.194. The number of hydrogen-bond acceptors (Lipinski definition) is 3. The third-order valence-corrected chi connectivity index (χ3v) is 5.38. The number of carboxylic acid groups (broad SMARTS) is 1. The molecule has 0 aromatic carbocycles. The molecule has 2 heterocycles. The number of rotatable bonds is 5. The van der Waals surface area contributed by atoms with Gasteiger partial charge in [0.2, 0.25) is 5.91 Å². The van der Waals surface area contributed by atoms with Crippen LogP contribution in [0.4, 0.5) is 4.79 Å². The van der Waals surface area contributed by atoms with E-state index in [4.69, 9.17) is 5.11 Å². The molecule has 0 spiro atoms. The second-order valence-corrected chi connectivity index (χ2v) is 8.87. The number of nitrogens with one attached hydrogen (secondary N) is 1. The maximum absolute atomic E-state index is 12.4. The zero-order valence-corrected chi connectivity index (χ0v) is 17.5. The second-order valence-electron chi connectivity index (χ2n) is 8.87. The van der Waals surface area contributed by atoms with Gasteiger partial charge in [-0.3, -0.25) is 9.48 Å². The van der Waals surface area contributed by atoms with Crippen LogP contribution >= 0.6 is 0 Å². The van der Waals surface area contributed by atoms with Crippen LogP contribution in [0.15, 0.2) is 0 Å². The van der Waals surface area contributed by atoms with Crippen molar-refractivity contribution in [3.05, 3.63) is 17.0 Å². The standard InChI is InChI=1S/C20H34N4O3/c1-13(21-19(26)27)12-24-15(3)17(14(2)22-24)11-16-7-9-23(10-8-16)18(25)20(4,5)6/h13,16,21H,7-12H2,1-6H3,(H,26,27)/t13-/m1/s1. The van der Waals surface area contributed by atoms with Crippen LogP contribution in [-0.4, -0.2) is 50.9 Å². The van der Waals surface area contributed by atoms with Crippen molar-refractivity contribution >= 4 is 12.0 Å². The molecular weight excluding hydrogens is 344 g/mol. The normalized spacial score (nSPS) is 17.0. The van der Waals surface area contributed by atoms with Gasteiger partial charge in [0.05, 0.1) is 12.2 Å². The molecule has 1 aromatic heterocycles. The maximum atomic E-state index is 12.4. The van der Waals surface area contributed by atoms with E-state index in [0.29, 0.717) is 12.5 Å². The van der Waals surface area contributed by atoms with Crippen molar-refractivity contribution in [2.24, 2.45) is 11.3 Å². The van der Waals surface area contributed by atoms with Gasteiger partial charge in [0, 0.05) is 30.2 Å². The van der Waals surface area contributed by atoms with Crippen molar-refractivity contribution in [1.29, 1.82) is 0 Å². The SMILES string of the molecule is Cc1nn(C[C@@H](C)NC(=O)O)c(C)c1CC1CCN(C(=O)C(C)(C)C)CC1. The molecule has 1 fully saturated rings. The number of hydrogen-bond donors (Lipinski definition) is 2. The molecule has 2 N–H and O–H groups in total. The van der Waals surface area contributed by atoms with Crippen LogP contribution in [-0.2, 0) is 17.8 Å². The van der Waals surface area contributed by atoms with Crippen LogP contribution in [0.5, 0.6) is 0 Å². The third kappa shape index (κ3) is 5.47. The van der Waals surface area contributed by atoms with Crippen LogP contribution in [0, 0.1) is 25.2 Å². The molecule has 0 bridgehead atoms. The summed E-state index contributed by atoms with van der Waals surface area (Å²) in [4.78, 5) is 25.2. The Bertz CT molecular complexity index is 682. The van der Waals surface area contributed by atoms with Gasteiger partial charge in [-0.05, 0) is 51.5 Å². The Labute approximate surface area is 162 Å². The van der Waals surface area contributed by atoms with E-state index in [-0.39, 0.29) is 17.4 Å². The minimum absolute atomic E-state index is 0.194. The fraction of sp³-hybridized carbons (Fsp3) is 0.750. The van der Waals surface area contributed by atoms with E-state index < -0.39 is 6.09 Å². The van der Waals surface area contributed by atoms with Crippen LogP contribution in [0.2, 0.25) is 0 Å². The minimum atomic E-state index is -1.01. The van der Waals surface area contributed by atoms with Gasteiger partial charge in [0.1, 0.15) is 0 Å². The number of carbonyl (C=O) groups excluding carboxylic acids is 1. The van der Waals surface area contributed by atoms with Crippen molar-refractivity contribution in [3.63, 3.8) is 0 Å². The molecular formula is C20H34N4O3. The number of aryl methyl sites for hydroxylation is 1. The van der Waals surface area contributed by atoms with Gasteiger partial charge in [0.15, 0.2) is 0 Å². The van der Waals surface area contributed by atoms with E-state index in [0.717, 1.165) is 43.7 Å². The first kappa shape index (κ1) is 21.3. The summed E-state index contributed by atoms with van der Waals surface area (Å²) in [6.07, 6.45) is 1.99. The summed E-state index contributed by atoms with van der Waals surface area (Å²) >= 11 is 0. The van der Waals surface area contributed by atoms with E-state index in [1.165, 1.54) is 5.56 Å². The Hall–Kier alpha value is -2.05. The number of carbonyl (C=O) groups is 2. The minimum Gasteiger partial charge on any atom is -0.465 e. The molecule has 0 aliphatic carbocycles. The molecule has 2 rings (SSSR count). The van der Waals surface area contributed by atoms with Crippen molar-refractivity contribution in [1.82, 2.24) is 20.0 Å². The van der Waals surface area contributed by atoms with Gasteiger partial charge in [0.25, 0.3) is 0 Å². The molecule has 7 heteroatoms. The van der Waals surface area contributed by atoms with Gasteiger partial charge < -0.3 is 15.3 Å². The Balaban J connectivity index is 1.97. The molecule has 2 amide bonds. The highest BCUT2D eigenvalue weighted by Crippen LogP contribution is 2.27. The predicted molar refractivity (Wildman–Crippen MR) is 105 cm³/mol. The number of amides is 2. The van der Waals surface area contributed by atoms with E-state index in [1.807, 2.05) is 44.2 Å². The molecule has 0 unspecified atom stereocenters. The highest BCUT2D eigenvalue weighted by Gasteiger charge is 2.31. The molecule has 7 nitrogen and oxygen atoms in total. The topological polar surface area (TPSA) is 87.5 Å². The lowest BCUT2D eigenvalue weighted by atomic mass is 9.87. The highest BCUT2D eigenvalue weighted by atomic mass is 16.4. The lowest BCUT2D eigenvalue weighted by Gasteiger charge is -2.35. The summed E-state index contributed by atoms with van der Waals surface area (Å²) < 4.78 is 1.91. The molecule has 1 aromatic rings. The lowest BCUT2D eigenvalue weighted by molar-refractivity contribution is -0.140. The van der Waals surface area contributed by atoms with Gasteiger partial charge >= 0.3 is 6.09 Å². The van der Waals surface area contributed by atoms with Gasteiger partial charge in [-0.1, -0.05) is 20.8 Å². The molecule has 1 atom stereocenters. The Morgan fingerprint density at radius 1 is 1.26 bits per heavy atom. The molecule has 1 aliphatic rings. The summed E-state index contributed by atoms with van der Waals surface area (Å²) in [7, 11) is 0. The van der Waals surface area contributed by atoms with Crippen molar-refractivity contribution in [2.45, 2.75) is 73.4 Å². The fourth-order valence-corrected chi connectivity index (χ4v) is 3.83. The molecule has 0 saturated carbocycles. The average molecular weight is 379 g/mol. The maximum Gasteiger partial charge on any atom is 0.404 e. The molecule has 152 valence electrons. The smallest absolute Gasteiger partial charge is 0.404 e. The van der Waals surface area contributed by atoms with Gasteiger partial charge in [-0.15, -0.1) is 0 Å². The predicted octanol–water partition coefficient (Wildman–Crippen LogP) is 2.98. The van der Waals surface area contributed by atoms with Crippen LogP contribution < -0.4 is 5.32 Å². The number of nitrogens with zero attached hydrogens (tertiary/aromatic N) is 3. The van der Waals surface area contributed by atoms with E-state index in [2.05, 4.69) is 17.3 Å². The van der Waals surface area contributed by atoms with Crippen molar-refractivity contribution in [3.8, 4) is 0 Å². The third-order valence-electron chi connectivity index (χ3n) is 5.38. The quantitative estimate of drug-likeness (QED) is 0.824. The first-order valence-electron chi connectivity index (χ1n) is 9.80. The van der Waals surface area contributed by atoms with Crippen LogP contribution in [0.3, 0.4) is 0 Å². The summed E-state index contributed by atoms with van der Waals surface area (Å²) in [5, 5.41) is 15.9. The Kier molecular flexibility index (Phi) is 6.54. The largest absolute Gasteiger partial charge is 0.465 e. The van der Waals surface area contributed by atoms with Crippen molar-refractivity contribution < 1.29 is 14.7 Å². The monoisotopic (exact) mass is 378 g/mol. The molecule has 0 radical (unpaired) electrons. The highest BCUT2D eigenvalue weighted by molar-refractivity contribution is 5.81. The van der Waals surface area contributed by atoms with E-state index in [1.54, 1.807) is 0 Å². The number of likely N-dealkylation sites (tertiary alicyclic amines) is 1. The first-order valence-corrected chi connectivity index (χ1v) is 9.80. The van der Waals surface area contributed by atoms with Crippen LogP contribution in [0.1, 0.15) is 57.5 Å². The average Bonchev–Trinajstić information content (AvgIpc) is 2.80. The van der Waals surface area contributed by atoms with Crippen molar-refractivity contribution in [2.75, 3.05) is 13.1 Å². The van der Waals surface area contributed by atoms with Gasteiger partial charge in [-0.2, -0.15) is 5.10 Å².